The number of hydrogen-bond donors (Lipinski definition) is 12. The summed E-state index contributed by atoms with van der Waals surface area (Å²) in [5.41, 5.74) is 47.8. The van der Waals surface area contributed by atoms with Gasteiger partial charge in [-0.3, -0.25) is 16.0 Å². The Kier molecular flexibility index (Phi) is 7.37. The molecule has 0 radical (unpaired) electrons. The van der Waals surface area contributed by atoms with Crippen LogP contribution in [0.3, 0.4) is 0 Å². The summed E-state index contributed by atoms with van der Waals surface area (Å²) in [5, 5.41) is 12.7. The van der Waals surface area contributed by atoms with Gasteiger partial charge in [-0.2, -0.15) is 69.8 Å². The molecule has 0 fully saturated rings. The summed E-state index contributed by atoms with van der Waals surface area (Å²) < 4.78 is 1.42. The van der Waals surface area contributed by atoms with Crippen LogP contribution in [0.4, 0.5) is 71.4 Å². The van der Waals surface area contributed by atoms with E-state index in [1.807, 2.05) is 0 Å². The van der Waals surface area contributed by atoms with Crippen molar-refractivity contribution in [2.45, 2.75) is 0 Å². The number of nitrogens with zero attached hydrogens (tertiary/aromatic N) is 15. The Morgan fingerprint density at radius 3 is 1.36 bits per heavy atom. The lowest BCUT2D eigenvalue weighted by molar-refractivity contribution is 0.862. The molecule has 5 aromatic heterocycles. The zero-order valence-corrected chi connectivity index (χ0v) is 20.9. The van der Waals surface area contributed by atoms with Gasteiger partial charge in [0.15, 0.2) is 0 Å². The fourth-order valence-electron chi connectivity index (χ4n) is 2.82. The van der Waals surface area contributed by atoms with Gasteiger partial charge in [0.2, 0.25) is 88.7 Å². The van der Waals surface area contributed by atoms with E-state index in [2.05, 4.69) is 80.4 Å². The Morgan fingerprint density at radius 1 is 0.500 bits per heavy atom. The fourth-order valence-corrected chi connectivity index (χ4v) is 2.82. The first-order chi connectivity index (χ1) is 19.8. The van der Waals surface area contributed by atoms with Crippen molar-refractivity contribution in [3.63, 3.8) is 0 Å². The Morgan fingerprint density at radius 2 is 0.905 bits per heavy atom. The number of aromatic nitrogens is 14. The molecule has 1 aliphatic heterocycles. The van der Waals surface area contributed by atoms with Crippen molar-refractivity contribution in [3.05, 3.63) is 5.62 Å². The third kappa shape index (κ3) is 6.94. The van der Waals surface area contributed by atoms with E-state index >= 15 is 0 Å². The van der Waals surface area contributed by atoms with E-state index in [0.29, 0.717) is 5.95 Å². The Labute approximate surface area is 231 Å². The smallest absolute Gasteiger partial charge is 0.248 e. The van der Waals surface area contributed by atoms with Crippen molar-refractivity contribution in [2.75, 3.05) is 56.5 Å². The molecule has 216 valence electrons. The second-order valence-electron chi connectivity index (χ2n) is 7.30. The van der Waals surface area contributed by atoms with E-state index < -0.39 is 0 Å². The third-order valence-corrected chi connectivity index (χ3v) is 4.17. The van der Waals surface area contributed by atoms with Gasteiger partial charge in [-0.15, -0.1) is 0 Å². The number of hydrogen-bond acceptors (Lipinski definition) is 26. The van der Waals surface area contributed by atoms with Gasteiger partial charge < -0.3 is 51.6 Å². The highest BCUT2D eigenvalue weighted by atomic mass is 15.4. The predicted molar refractivity (Wildman–Crippen MR) is 147 cm³/mol. The van der Waals surface area contributed by atoms with E-state index in [0.717, 1.165) is 0 Å². The lowest BCUT2D eigenvalue weighted by Crippen LogP contribution is -2.30. The maximum atomic E-state index is 7.38. The summed E-state index contributed by atoms with van der Waals surface area (Å²) >= 11 is 0. The van der Waals surface area contributed by atoms with Crippen LogP contribution in [-0.4, -0.2) is 75.2 Å². The molecule has 6 heterocycles. The van der Waals surface area contributed by atoms with Crippen LogP contribution in [0.5, 0.6) is 0 Å². The monoisotopic (exact) mass is 579 g/mol. The largest absolute Gasteiger partial charge is 0.369 e. The van der Waals surface area contributed by atoms with Gasteiger partial charge in [0.1, 0.15) is 0 Å². The van der Waals surface area contributed by atoms with Crippen LogP contribution in [0.15, 0.2) is 4.99 Å². The zero-order valence-electron chi connectivity index (χ0n) is 20.9. The lowest BCUT2D eigenvalue weighted by Gasteiger charge is -2.14. The highest BCUT2D eigenvalue weighted by Gasteiger charge is 2.16. The van der Waals surface area contributed by atoms with Gasteiger partial charge in [-0.25, -0.2) is 4.40 Å². The average molecular weight is 580 g/mol. The second kappa shape index (κ2) is 11.2. The van der Waals surface area contributed by atoms with Gasteiger partial charge in [-0.1, -0.05) is 0 Å². The molecule has 0 atom stereocenters. The standard InChI is InChI=1S/C6H9N11.C6H6N10.C3H6N6/c7-1-11-2(8)14-5(13-1)17-6-15-3(9)12-4(10)16-6;7-1-10-4-12-2(8)14-6-15-3(9)13-5(11-1)16(4)6;4-1-7-2(5)9-3(6)8-1/h(H9,7,8,9,10,11,12,13,14,15,16,17);(H6,7,8,9,10,11,12,13,14,15);(H6,4,5,6,7,8,9). The Balaban J connectivity index is 0.000000152. The van der Waals surface area contributed by atoms with Crippen LogP contribution in [0.1, 0.15) is 0 Å². The van der Waals surface area contributed by atoms with Gasteiger partial charge in [0.25, 0.3) is 0 Å². The minimum Gasteiger partial charge on any atom is -0.369 e. The first-order valence-electron chi connectivity index (χ1n) is 10.8. The molecule has 42 heavy (non-hydrogen) atoms. The number of nitrogen functional groups attached to an aromatic ring is 8. The number of rotatable bonds is 2. The lowest BCUT2D eigenvalue weighted by atomic mass is 10.7. The number of nitrogens with one attached hydrogen (secondary N) is 3. The van der Waals surface area contributed by atoms with Gasteiger partial charge >= 0.3 is 0 Å². The summed E-state index contributed by atoms with van der Waals surface area (Å²) in [6.07, 6.45) is 0. The minimum absolute atomic E-state index is 0.0289. The van der Waals surface area contributed by atoms with Gasteiger partial charge in [-0.05, 0) is 0 Å². The van der Waals surface area contributed by atoms with Crippen LogP contribution in [-0.2, 0) is 0 Å². The highest BCUT2D eigenvalue weighted by molar-refractivity contribution is 5.94. The first-order valence-corrected chi connectivity index (χ1v) is 10.8. The fraction of sp³-hybridized carbons (Fsp3) is 0. The van der Waals surface area contributed by atoms with Crippen LogP contribution in [0.25, 0.3) is 5.78 Å². The second-order valence-corrected chi connectivity index (χ2v) is 7.30. The molecule has 21 N–H and O–H groups in total. The number of guanidine groups is 1. The molecule has 0 amide bonds. The third-order valence-electron chi connectivity index (χ3n) is 4.17. The number of nitrogens with two attached hydrogens (primary N) is 9. The van der Waals surface area contributed by atoms with Crippen molar-refractivity contribution in [1.29, 1.82) is 5.41 Å². The Hall–Kier alpha value is -7.35. The van der Waals surface area contributed by atoms with Crippen molar-refractivity contribution >= 4 is 83.1 Å². The summed E-state index contributed by atoms with van der Waals surface area (Å²) in [6.45, 7) is 0. The Bertz CT molecular complexity index is 1720. The maximum absolute atomic E-state index is 7.38. The summed E-state index contributed by atoms with van der Waals surface area (Å²) in [6, 6.07) is 0. The van der Waals surface area contributed by atoms with Crippen LogP contribution >= 0.6 is 0 Å². The summed E-state index contributed by atoms with van der Waals surface area (Å²) in [7, 11) is 0. The quantitative estimate of drug-likeness (QED) is 0.0928. The molecule has 6 rings (SSSR count). The van der Waals surface area contributed by atoms with E-state index in [4.69, 9.17) is 57.0 Å². The van der Waals surface area contributed by atoms with Crippen molar-refractivity contribution < 1.29 is 0 Å². The molecular weight excluding hydrogens is 558 g/mol. The minimum atomic E-state index is -0.211. The SMILES string of the molecule is N=c1nc2n3c(nc(N)nc3n1)NC(N)=N2.Nc1nc(N)nc(N)n1.Nc1nc(N)nc(Nc2nc(N)nc(N)n2)n1. The van der Waals surface area contributed by atoms with E-state index in [1.165, 1.54) is 4.40 Å². The van der Waals surface area contributed by atoms with E-state index in [9.17, 15) is 0 Å². The van der Waals surface area contributed by atoms with Crippen molar-refractivity contribution in [3.8, 4) is 0 Å². The normalized spacial score (nSPS) is 11.2. The number of anilines is 11. The molecule has 0 aliphatic carbocycles. The van der Waals surface area contributed by atoms with Crippen molar-refractivity contribution in [1.82, 2.24) is 69.2 Å². The number of aliphatic imine (C=N–C) groups is 1. The predicted octanol–water partition coefficient (Wildman–Crippen LogP) is -5.30. The summed E-state index contributed by atoms with van der Waals surface area (Å²) in [4.78, 5) is 52.1. The first kappa shape index (κ1) is 27.7. The van der Waals surface area contributed by atoms with Gasteiger partial charge in [0.05, 0.1) is 0 Å². The van der Waals surface area contributed by atoms with Crippen LogP contribution in [0, 0.1) is 5.41 Å². The molecule has 0 bridgehead atoms. The highest BCUT2D eigenvalue weighted by Crippen LogP contribution is 2.18. The summed E-state index contributed by atoms with van der Waals surface area (Å²) in [5.74, 6) is 1.03. The molecule has 27 nitrogen and oxygen atoms in total. The zero-order chi connectivity index (χ0) is 30.6. The molecule has 27 heteroatoms. The molecule has 0 aromatic carbocycles. The molecule has 0 spiro atoms. The topological polar surface area (TPSA) is 466 Å². The van der Waals surface area contributed by atoms with E-state index in [-0.39, 0.29) is 82.8 Å². The molecule has 0 unspecified atom stereocenters. The van der Waals surface area contributed by atoms with Crippen LogP contribution < -0.4 is 67.9 Å². The maximum Gasteiger partial charge on any atom is 0.248 e. The molecule has 1 aliphatic rings. The average Bonchev–Trinajstić information content (AvgIpc) is 2.81. The molecule has 0 saturated heterocycles. The van der Waals surface area contributed by atoms with Crippen LogP contribution in [0.2, 0.25) is 0 Å². The molecule has 5 aromatic rings. The van der Waals surface area contributed by atoms with Crippen molar-refractivity contribution in [2.24, 2.45) is 10.7 Å². The van der Waals surface area contributed by atoms with Gasteiger partial charge in [0, 0.05) is 0 Å². The molecular formula is C15H21N27. The molecule has 0 saturated carbocycles. The van der Waals surface area contributed by atoms with E-state index in [1.54, 1.807) is 0 Å².